The van der Waals surface area contributed by atoms with E-state index in [4.69, 9.17) is 5.73 Å². The summed E-state index contributed by atoms with van der Waals surface area (Å²) in [5.41, 5.74) is 9.96. The van der Waals surface area contributed by atoms with Crippen LogP contribution in [0.4, 0.5) is 0 Å². The molecule has 2 N–H and O–H groups in total. The number of benzene rings is 2. The van der Waals surface area contributed by atoms with Gasteiger partial charge in [0.25, 0.3) is 0 Å². The van der Waals surface area contributed by atoms with Gasteiger partial charge in [-0.15, -0.1) is 12.4 Å². The molecule has 0 unspecified atom stereocenters. The van der Waals surface area contributed by atoms with Gasteiger partial charge in [0.05, 0.1) is 11.4 Å². The number of halogens is 1. The first-order valence-electron chi connectivity index (χ1n) is 6.28. The van der Waals surface area contributed by atoms with Gasteiger partial charge in [0.1, 0.15) is 0 Å². The van der Waals surface area contributed by atoms with E-state index in [-0.39, 0.29) is 12.4 Å². The predicted octanol–water partition coefficient (Wildman–Crippen LogP) is 3.42. The van der Waals surface area contributed by atoms with Crippen LogP contribution in [0.25, 0.3) is 16.9 Å². The molecule has 1 aromatic heterocycles. The summed E-state index contributed by atoms with van der Waals surface area (Å²) in [7, 11) is 0. The van der Waals surface area contributed by atoms with Crippen molar-refractivity contribution < 1.29 is 0 Å². The van der Waals surface area contributed by atoms with Gasteiger partial charge in [-0.25, -0.2) is 4.68 Å². The highest BCUT2D eigenvalue weighted by atomic mass is 35.5. The maximum absolute atomic E-state index is 5.83. The fourth-order valence-electron chi connectivity index (χ4n) is 2.11. The number of para-hydroxylation sites is 1. The van der Waals surface area contributed by atoms with E-state index in [0.29, 0.717) is 6.54 Å². The first-order valence-corrected chi connectivity index (χ1v) is 6.28. The van der Waals surface area contributed by atoms with Gasteiger partial charge < -0.3 is 5.73 Å². The molecular formula is C16H16ClN3. The van der Waals surface area contributed by atoms with Crippen LogP contribution >= 0.6 is 12.4 Å². The summed E-state index contributed by atoms with van der Waals surface area (Å²) in [5.74, 6) is 0. The molecule has 4 heteroatoms. The zero-order valence-electron chi connectivity index (χ0n) is 10.9. The van der Waals surface area contributed by atoms with Crippen LogP contribution in [-0.2, 0) is 6.54 Å². The Morgan fingerprint density at radius 1 is 0.900 bits per heavy atom. The number of aromatic nitrogens is 2. The van der Waals surface area contributed by atoms with E-state index in [1.807, 2.05) is 59.4 Å². The normalized spacial score (nSPS) is 10.1. The standard InChI is InChI=1S/C16H15N3.ClH/c17-11-14-12-19(15-9-5-2-6-10-15)18-16(14)13-7-3-1-4-8-13;/h1-10,12H,11,17H2;1H. The Labute approximate surface area is 124 Å². The molecular weight excluding hydrogens is 270 g/mol. The lowest BCUT2D eigenvalue weighted by atomic mass is 10.1. The van der Waals surface area contributed by atoms with Crippen molar-refractivity contribution in [3.8, 4) is 16.9 Å². The SMILES string of the molecule is Cl.NCc1cn(-c2ccccc2)nc1-c1ccccc1. The molecule has 0 fully saturated rings. The highest BCUT2D eigenvalue weighted by Crippen LogP contribution is 2.22. The van der Waals surface area contributed by atoms with Gasteiger partial charge in [-0.3, -0.25) is 0 Å². The molecule has 0 amide bonds. The van der Waals surface area contributed by atoms with E-state index in [1.54, 1.807) is 0 Å². The van der Waals surface area contributed by atoms with Gasteiger partial charge in [-0.05, 0) is 12.1 Å². The van der Waals surface area contributed by atoms with E-state index in [1.165, 1.54) is 0 Å². The van der Waals surface area contributed by atoms with Gasteiger partial charge in [0, 0.05) is 23.9 Å². The lowest BCUT2D eigenvalue weighted by Gasteiger charge is -2.00. The van der Waals surface area contributed by atoms with Crippen LogP contribution in [0.15, 0.2) is 66.9 Å². The highest BCUT2D eigenvalue weighted by Gasteiger charge is 2.10. The van der Waals surface area contributed by atoms with Gasteiger partial charge in [0.15, 0.2) is 0 Å². The lowest BCUT2D eigenvalue weighted by Crippen LogP contribution is -1.96. The van der Waals surface area contributed by atoms with Crippen molar-refractivity contribution in [1.29, 1.82) is 0 Å². The molecule has 20 heavy (non-hydrogen) atoms. The Hall–Kier alpha value is -2.10. The number of nitrogens with two attached hydrogens (primary N) is 1. The average molecular weight is 286 g/mol. The van der Waals surface area contributed by atoms with Crippen LogP contribution in [-0.4, -0.2) is 9.78 Å². The zero-order chi connectivity index (χ0) is 13.1. The number of nitrogens with zero attached hydrogens (tertiary/aromatic N) is 2. The fraction of sp³-hybridized carbons (Fsp3) is 0.0625. The monoisotopic (exact) mass is 285 g/mol. The third-order valence-corrected chi connectivity index (χ3v) is 3.08. The molecule has 3 rings (SSSR count). The van der Waals surface area contributed by atoms with Crippen LogP contribution in [0, 0.1) is 0 Å². The minimum absolute atomic E-state index is 0. The maximum atomic E-state index is 5.83. The summed E-state index contributed by atoms with van der Waals surface area (Å²) in [4.78, 5) is 0. The number of hydrogen-bond donors (Lipinski definition) is 1. The summed E-state index contributed by atoms with van der Waals surface area (Å²) >= 11 is 0. The molecule has 3 aromatic rings. The molecule has 0 aliphatic rings. The van der Waals surface area contributed by atoms with E-state index < -0.39 is 0 Å². The topological polar surface area (TPSA) is 43.8 Å². The van der Waals surface area contributed by atoms with Crippen LogP contribution in [0.5, 0.6) is 0 Å². The molecule has 2 aromatic carbocycles. The summed E-state index contributed by atoms with van der Waals surface area (Å²) in [6.07, 6.45) is 2.00. The van der Waals surface area contributed by atoms with Crippen molar-refractivity contribution in [1.82, 2.24) is 9.78 Å². The van der Waals surface area contributed by atoms with Crippen LogP contribution < -0.4 is 5.73 Å². The first-order chi connectivity index (χ1) is 9.38. The van der Waals surface area contributed by atoms with E-state index >= 15 is 0 Å². The second-order valence-electron chi connectivity index (χ2n) is 4.35. The second-order valence-corrected chi connectivity index (χ2v) is 4.35. The summed E-state index contributed by atoms with van der Waals surface area (Å²) < 4.78 is 1.88. The Bertz CT molecular complexity index is 663. The molecule has 0 spiro atoms. The van der Waals surface area contributed by atoms with Gasteiger partial charge in [-0.2, -0.15) is 5.10 Å². The Morgan fingerprint density at radius 2 is 1.50 bits per heavy atom. The number of rotatable bonds is 3. The lowest BCUT2D eigenvalue weighted by molar-refractivity contribution is 0.883. The van der Waals surface area contributed by atoms with Crippen LogP contribution in [0.1, 0.15) is 5.56 Å². The summed E-state index contributed by atoms with van der Waals surface area (Å²) in [6.45, 7) is 0.483. The van der Waals surface area contributed by atoms with Crippen molar-refractivity contribution in [2.75, 3.05) is 0 Å². The molecule has 0 atom stereocenters. The smallest absolute Gasteiger partial charge is 0.0972 e. The molecule has 0 aliphatic heterocycles. The van der Waals surface area contributed by atoms with Crippen molar-refractivity contribution in [2.24, 2.45) is 5.73 Å². The van der Waals surface area contributed by atoms with Gasteiger partial charge in [-0.1, -0.05) is 48.5 Å². The summed E-state index contributed by atoms with van der Waals surface area (Å²) in [5, 5.41) is 4.66. The van der Waals surface area contributed by atoms with Crippen LogP contribution in [0.3, 0.4) is 0 Å². The predicted molar refractivity (Wildman–Crippen MR) is 84.1 cm³/mol. The van der Waals surface area contributed by atoms with Crippen LogP contribution in [0.2, 0.25) is 0 Å². The minimum atomic E-state index is 0. The quantitative estimate of drug-likeness (QED) is 0.801. The number of hydrogen-bond acceptors (Lipinski definition) is 2. The van der Waals surface area contributed by atoms with Crippen molar-refractivity contribution in [2.45, 2.75) is 6.54 Å². The second kappa shape index (κ2) is 6.37. The largest absolute Gasteiger partial charge is 0.326 e. The molecule has 0 saturated carbocycles. The Morgan fingerprint density at radius 3 is 2.10 bits per heavy atom. The molecule has 102 valence electrons. The fourth-order valence-corrected chi connectivity index (χ4v) is 2.11. The average Bonchev–Trinajstić information content (AvgIpc) is 2.93. The zero-order valence-corrected chi connectivity index (χ0v) is 11.8. The maximum Gasteiger partial charge on any atom is 0.0972 e. The third kappa shape index (κ3) is 2.74. The molecule has 0 bridgehead atoms. The minimum Gasteiger partial charge on any atom is -0.326 e. The van der Waals surface area contributed by atoms with E-state index in [0.717, 1.165) is 22.5 Å². The molecule has 0 aliphatic carbocycles. The van der Waals surface area contributed by atoms with Gasteiger partial charge in [0.2, 0.25) is 0 Å². The third-order valence-electron chi connectivity index (χ3n) is 3.08. The highest BCUT2D eigenvalue weighted by molar-refractivity contribution is 5.85. The van der Waals surface area contributed by atoms with E-state index in [9.17, 15) is 0 Å². The van der Waals surface area contributed by atoms with E-state index in [2.05, 4.69) is 17.2 Å². The Kier molecular flexibility index (Phi) is 4.56. The first kappa shape index (κ1) is 14.3. The molecule has 3 nitrogen and oxygen atoms in total. The molecule has 0 saturated heterocycles. The molecule has 0 radical (unpaired) electrons. The van der Waals surface area contributed by atoms with Crippen molar-refractivity contribution in [3.63, 3.8) is 0 Å². The van der Waals surface area contributed by atoms with Crippen molar-refractivity contribution >= 4 is 12.4 Å². The Balaban J connectivity index is 0.00000147. The molecule has 1 heterocycles. The summed E-state index contributed by atoms with van der Waals surface area (Å²) in [6, 6.07) is 20.2. The van der Waals surface area contributed by atoms with Crippen molar-refractivity contribution in [3.05, 3.63) is 72.4 Å². The van der Waals surface area contributed by atoms with Gasteiger partial charge >= 0.3 is 0 Å².